The van der Waals surface area contributed by atoms with Crippen LogP contribution in [0, 0.1) is 5.92 Å². The van der Waals surface area contributed by atoms with Crippen molar-refractivity contribution in [1.29, 1.82) is 0 Å². The van der Waals surface area contributed by atoms with Crippen LogP contribution in [0.25, 0.3) is 0 Å². The van der Waals surface area contributed by atoms with Gasteiger partial charge in [-0.2, -0.15) is 0 Å². The quantitative estimate of drug-likeness (QED) is 0.796. The van der Waals surface area contributed by atoms with Crippen molar-refractivity contribution in [3.05, 3.63) is 35.9 Å². The maximum Gasteiger partial charge on any atom is 0.0943 e. The largest absolute Gasteiger partial charge is 0.387 e. The Morgan fingerprint density at radius 2 is 2.00 bits per heavy atom. The molecule has 2 nitrogen and oxygen atoms in total. The summed E-state index contributed by atoms with van der Waals surface area (Å²) < 4.78 is 0. The lowest BCUT2D eigenvalue weighted by atomic mass is 9.96. The molecule has 0 spiro atoms. The summed E-state index contributed by atoms with van der Waals surface area (Å²) in [7, 11) is 0. The molecule has 1 aliphatic carbocycles. The van der Waals surface area contributed by atoms with Crippen LogP contribution in [0.1, 0.15) is 37.4 Å². The van der Waals surface area contributed by atoms with Crippen LogP contribution in [0.5, 0.6) is 0 Å². The van der Waals surface area contributed by atoms with E-state index in [9.17, 15) is 5.11 Å². The normalized spacial score (nSPS) is 34.9. The van der Waals surface area contributed by atoms with Crippen molar-refractivity contribution in [3.63, 3.8) is 0 Å². The van der Waals surface area contributed by atoms with Crippen LogP contribution in [0.3, 0.4) is 0 Å². The number of benzene rings is 1. The van der Waals surface area contributed by atoms with E-state index in [4.69, 9.17) is 0 Å². The fourth-order valence-corrected chi connectivity index (χ4v) is 3.31. The first-order valence-corrected chi connectivity index (χ1v) is 6.33. The molecule has 2 N–H and O–H groups in total. The molecule has 0 radical (unpaired) electrons. The van der Waals surface area contributed by atoms with E-state index in [0.29, 0.717) is 6.04 Å². The number of rotatable bonds is 2. The van der Waals surface area contributed by atoms with Crippen molar-refractivity contribution in [2.75, 3.05) is 0 Å². The van der Waals surface area contributed by atoms with Crippen LogP contribution in [-0.2, 0) is 0 Å². The number of fused-ring (bicyclic) bond motifs is 1. The molecule has 0 unspecified atom stereocenters. The average Bonchev–Trinajstić information content (AvgIpc) is 2.89. The van der Waals surface area contributed by atoms with Crippen LogP contribution in [0.4, 0.5) is 0 Å². The van der Waals surface area contributed by atoms with E-state index < -0.39 is 0 Å². The third-order valence-electron chi connectivity index (χ3n) is 4.17. The molecule has 4 atom stereocenters. The highest BCUT2D eigenvalue weighted by atomic mass is 16.3. The Labute approximate surface area is 96.7 Å². The zero-order valence-electron chi connectivity index (χ0n) is 9.47. The summed E-state index contributed by atoms with van der Waals surface area (Å²) in [4.78, 5) is 0. The minimum atomic E-state index is -0.341. The predicted octanol–water partition coefficient (Wildman–Crippen LogP) is 2.25. The topological polar surface area (TPSA) is 32.3 Å². The molecule has 16 heavy (non-hydrogen) atoms. The lowest BCUT2D eigenvalue weighted by Crippen LogP contribution is -2.33. The summed E-state index contributed by atoms with van der Waals surface area (Å²) in [5.74, 6) is 0.809. The van der Waals surface area contributed by atoms with Gasteiger partial charge in [0.25, 0.3) is 0 Å². The summed E-state index contributed by atoms with van der Waals surface area (Å²) in [6.07, 6.45) is 4.79. The van der Waals surface area contributed by atoms with Crippen molar-refractivity contribution in [3.8, 4) is 0 Å². The molecule has 1 saturated heterocycles. The van der Waals surface area contributed by atoms with Gasteiger partial charge in [0.05, 0.1) is 6.10 Å². The van der Waals surface area contributed by atoms with Gasteiger partial charge in [-0.25, -0.2) is 0 Å². The van der Waals surface area contributed by atoms with Gasteiger partial charge in [0.2, 0.25) is 0 Å². The second kappa shape index (κ2) is 4.19. The zero-order valence-corrected chi connectivity index (χ0v) is 9.47. The van der Waals surface area contributed by atoms with Crippen LogP contribution < -0.4 is 5.32 Å². The molecule has 86 valence electrons. The van der Waals surface area contributed by atoms with Crippen molar-refractivity contribution in [1.82, 2.24) is 5.32 Å². The maximum absolute atomic E-state index is 10.3. The van der Waals surface area contributed by atoms with Crippen LogP contribution in [0.2, 0.25) is 0 Å². The molecule has 0 aromatic heterocycles. The summed E-state index contributed by atoms with van der Waals surface area (Å²) in [6, 6.07) is 10.9. The van der Waals surface area contributed by atoms with Gasteiger partial charge < -0.3 is 10.4 Å². The molecule has 1 aromatic carbocycles. The van der Waals surface area contributed by atoms with Crippen molar-refractivity contribution in [2.24, 2.45) is 5.92 Å². The molecule has 1 aromatic rings. The standard InChI is InChI=1S/C14H19NO/c16-14(10-5-2-1-3-6-10)13-9-11-7-4-8-12(11)15-13/h1-3,5-6,11-16H,4,7-9H2/t11-,12-,13+,14+/m1/s1. The third-order valence-corrected chi connectivity index (χ3v) is 4.17. The number of hydrogen-bond acceptors (Lipinski definition) is 2. The number of aliphatic hydroxyl groups is 1. The van der Waals surface area contributed by atoms with Gasteiger partial charge in [-0.05, 0) is 30.7 Å². The van der Waals surface area contributed by atoms with E-state index in [2.05, 4.69) is 5.32 Å². The van der Waals surface area contributed by atoms with E-state index in [1.807, 2.05) is 30.3 Å². The van der Waals surface area contributed by atoms with Gasteiger partial charge in [-0.3, -0.25) is 0 Å². The van der Waals surface area contributed by atoms with E-state index in [0.717, 1.165) is 17.9 Å². The first kappa shape index (κ1) is 10.3. The van der Waals surface area contributed by atoms with Crippen LogP contribution in [-0.4, -0.2) is 17.2 Å². The fourth-order valence-electron chi connectivity index (χ4n) is 3.31. The molecule has 2 heteroatoms. The Balaban J connectivity index is 1.71. The predicted molar refractivity (Wildman–Crippen MR) is 64.1 cm³/mol. The van der Waals surface area contributed by atoms with Crippen LogP contribution >= 0.6 is 0 Å². The average molecular weight is 217 g/mol. The number of hydrogen-bond donors (Lipinski definition) is 2. The summed E-state index contributed by atoms with van der Waals surface area (Å²) in [6.45, 7) is 0. The molecule has 3 rings (SSSR count). The Kier molecular flexibility index (Phi) is 2.70. The lowest BCUT2D eigenvalue weighted by molar-refractivity contribution is 0.133. The zero-order chi connectivity index (χ0) is 11.0. The SMILES string of the molecule is O[C@@H](c1ccccc1)[C@@H]1C[C@H]2CCC[C@H]2N1. The van der Waals surface area contributed by atoms with E-state index in [1.54, 1.807) is 0 Å². The molecule has 1 heterocycles. The first-order chi connectivity index (χ1) is 7.84. The summed E-state index contributed by atoms with van der Waals surface area (Å²) >= 11 is 0. The smallest absolute Gasteiger partial charge is 0.0943 e. The minimum Gasteiger partial charge on any atom is -0.387 e. The van der Waals surface area contributed by atoms with Crippen LogP contribution in [0.15, 0.2) is 30.3 Å². The van der Waals surface area contributed by atoms with Crippen molar-refractivity contribution >= 4 is 0 Å². The second-order valence-corrected chi connectivity index (χ2v) is 5.16. The summed E-state index contributed by atoms with van der Waals surface area (Å²) in [5.41, 5.74) is 1.04. The third kappa shape index (κ3) is 1.76. The van der Waals surface area contributed by atoms with Crippen molar-refractivity contribution in [2.45, 2.75) is 43.9 Å². The van der Waals surface area contributed by atoms with E-state index >= 15 is 0 Å². The Bertz CT molecular complexity index is 339. The fraction of sp³-hybridized carbons (Fsp3) is 0.571. The number of aliphatic hydroxyl groups excluding tert-OH is 1. The highest BCUT2D eigenvalue weighted by Crippen LogP contribution is 2.38. The van der Waals surface area contributed by atoms with E-state index in [-0.39, 0.29) is 12.1 Å². The van der Waals surface area contributed by atoms with Gasteiger partial charge in [-0.15, -0.1) is 0 Å². The minimum absolute atomic E-state index is 0.262. The lowest BCUT2D eigenvalue weighted by Gasteiger charge is -2.20. The molecule has 0 bridgehead atoms. The highest BCUT2D eigenvalue weighted by Gasteiger charge is 2.39. The molecular formula is C14H19NO. The summed E-state index contributed by atoms with van der Waals surface area (Å²) in [5, 5.41) is 13.9. The Morgan fingerprint density at radius 3 is 2.75 bits per heavy atom. The highest BCUT2D eigenvalue weighted by molar-refractivity contribution is 5.19. The molecular weight excluding hydrogens is 198 g/mol. The first-order valence-electron chi connectivity index (χ1n) is 6.33. The second-order valence-electron chi connectivity index (χ2n) is 5.16. The maximum atomic E-state index is 10.3. The van der Waals surface area contributed by atoms with Gasteiger partial charge in [-0.1, -0.05) is 36.8 Å². The Morgan fingerprint density at radius 1 is 1.19 bits per heavy atom. The molecule has 1 aliphatic heterocycles. The van der Waals surface area contributed by atoms with Crippen molar-refractivity contribution < 1.29 is 5.11 Å². The molecule has 2 fully saturated rings. The molecule has 0 amide bonds. The van der Waals surface area contributed by atoms with Gasteiger partial charge in [0.15, 0.2) is 0 Å². The number of nitrogens with one attached hydrogen (secondary N) is 1. The van der Waals surface area contributed by atoms with Gasteiger partial charge >= 0.3 is 0 Å². The van der Waals surface area contributed by atoms with E-state index in [1.165, 1.54) is 19.3 Å². The monoisotopic (exact) mass is 217 g/mol. The van der Waals surface area contributed by atoms with Gasteiger partial charge in [0, 0.05) is 12.1 Å². The molecule has 1 saturated carbocycles. The van der Waals surface area contributed by atoms with Gasteiger partial charge in [0.1, 0.15) is 0 Å². The molecule has 2 aliphatic rings. The Hall–Kier alpha value is -0.860.